The van der Waals surface area contributed by atoms with Gasteiger partial charge in [0.05, 0.1) is 6.04 Å². The van der Waals surface area contributed by atoms with E-state index in [0.717, 1.165) is 26.1 Å². The van der Waals surface area contributed by atoms with E-state index < -0.39 is 0 Å². The van der Waals surface area contributed by atoms with Crippen LogP contribution in [0.25, 0.3) is 0 Å². The predicted molar refractivity (Wildman–Crippen MR) is 83.3 cm³/mol. The van der Waals surface area contributed by atoms with Gasteiger partial charge in [-0.3, -0.25) is 0 Å². The largest absolute Gasteiger partial charge is 0.363 e. The zero-order valence-corrected chi connectivity index (χ0v) is 11.7. The summed E-state index contributed by atoms with van der Waals surface area (Å²) in [5.74, 6) is 0. The van der Waals surface area contributed by atoms with E-state index in [0.29, 0.717) is 6.04 Å². The fraction of sp³-hybridized carbons (Fsp3) is 0.333. The molecule has 4 rings (SSSR count). The van der Waals surface area contributed by atoms with Gasteiger partial charge in [0.15, 0.2) is 0 Å². The van der Waals surface area contributed by atoms with Crippen molar-refractivity contribution in [3.8, 4) is 0 Å². The van der Waals surface area contributed by atoms with Crippen molar-refractivity contribution in [2.24, 2.45) is 0 Å². The first-order valence-corrected chi connectivity index (χ1v) is 7.56. The average molecular weight is 264 g/mol. The Labute approximate surface area is 120 Å². The van der Waals surface area contributed by atoms with Gasteiger partial charge in [-0.2, -0.15) is 0 Å². The van der Waals surface area contributed by atoms with Gasteiger partial charge in [-0.05, 0) is 42.1 Å². The Balaban J connectivity index is 1.91. The molecule has 0 bridgehead atoms. The summed E-state index contributed by atoms with van der Waals surface area (Å²) in [6.07, 6.45) is 2.27. The van der Waals surface area contributed by atoms with E-state index in [1.54, 1.807) is 0 Å². The number of nitrogens with zero attached hydrogens (tertiary/aromatic N) is 1. The smallest absolute Gasteiger partial charge is 0.0669 e. The minimum atomic E-state index is 0.470. The molecule has 1 unspecified atom stereocenters. The number of hydrogen-bond acceptors (Lipinski definition) is 2. The van der Waals surface area contributed by atoms with Gasteiger partial charge in [-0.1, -0.05) is 42.5 Å². The number of hydrogen-bond donors (Lipinski definition) is 1. The number of rotatable bonds is 0. The van der Waals surface area contributed by atoms with Crippen LogP contribution in [-0.2, 0) is 6.42 Å². The Kier molecular flexibility index (Phi) is 2.96. The van der Waals surface area contributed by atoms with Crippen molar-refractivity contribution in [3.05, 3.63) is 65.2 Å². The van der Waals surface area contributed by atoms with Gasteiger partial charge in [0.2, 0.25) is 0 Å². The lowest BCUT2D eigenvalue weighted by Crippen LogP contribution is -2.32. The van der Waals surface area contributed by atoms with Gasteiger partial charge in [-0.25, -0.2) is 0 Å². The highest BCUT2D eigenvalue weighted by molar-refractivity contribution is 5.60. The number of para-hydroxylation sites is 1. The highest BCUT2D eigenvalue weighted by atomic mass is 15.2. The molecule has 2 heteroatoms. The van der Waals surface area contributed by atoms with E-state index in [-0.39, 0.29) is 0 Å². The Morgan fingerprint density at radius 1 is 0.950 bits per heavy atom. The molecule has 2 aliphatic rings. The van der Waals surface area contributed by atoms with Crippen LogP contribution in [-0.4, -0.2) is 19.6 Å². The zero-order valence-electron chi connectivity index (χ0n) is 11.7. The molecular weight excluding hydrogens is 244 g/mol. The Morgan fingerprint density at radius 2 is 1.75 bits per heavy atom. The number of nitrogens with one attached hydrogen (secondary N) is 1. The fourth-order valence-corrected chi connectivity index (χ4v) is 3.61. The maximum Gasteiger partial charge on any atom is 0.0669 e. The van der Waals surface area contributed by atoms with Crippen LogP contribution < -0.4 is 10.2 Å². The van der Waals surface area contributed by atoms with Crippen LogP contribution in [0, 0.1) is 0 Å². The van der Waals surface area contributed by atoms with E-state index >= 15 is 0 Å². The van der Waals surface area contributed by atoms with Crippen LogP contribution in [0.15, 0.2) is 48.5 Å². The number of fused-ring (bicyclic) bond motifs is 5. The van der Waals surface area contributed by atoms with Crippen LogP contribution >= 0.6 is 0 Å². The van der Waals surface area contributed by atoms with E-state index in [1.165, 1.54) is 28.8 Å². The summed E-state index contributed by atoms with van der Waals surface area (Å²) < 4.78 is 0. The number of anilines is 1. The fourth-order valence-electron chi connectivity index (χ4n) is 3.61. The molecule has 0 spiro atoms. The van der Waals surface area contributed by atoms with Gasteiger partial charge in [0.25, 0.3) is 0 Å². The summed E-state index contributed by atoms with van der Waals surface area (Å²) in [4.78, 5) is 2.61. The molecular formula is C18H20N2. The van der Waals surface area contributed by atoms with Gasteiger partial charge < -0.3 is 10.2 Å². The zero-order chi connectivity index (χ0) is 13.4. The molecule has 20 heavy (non-hydrogen) atoms. The second-order valence-electron chi connectivity index (χ2n) is 5.77. The lowest BCUT2D eigenvalue weighted by Gasteiger charge is -2.32. The molecule has 1 N–H and O–H groups in total. The first-order chi connectivity index (χ1) is 9.93. The minimum absolute atomic E-state index is 0.470. The molecule has 2 aromatic carbocycles. The van der Waals surface area contributed by atoms with Gasteiger partial charge in [0.1, 0.15) is 0 Å². The SMILES string of the molecule is c1ccc2c(c1)Cc1ccccc1N1CCCNCC21. The molecule has 0 aromatic heterocycles. The van der Waals surface area contributed by atoms with Crippen molar-refractivity contribution in [3.63, 3.8) is 0 Å². The van der Waals surface area contributed by atoms with E-state index in [4.69, 9.17) is 0 Å². The first-order valence-electron chi connectivity index (χ1n) is 7.56. The molecule has 1 atom stereocenters. The van der Waals surface area contributed by atoms with Crippen LogP contribution in [0.1, 0.15) is 29.2 Å². The molecule has 2 nitrogen and oxygen atoms in total. The van der Waals surface area contributed by atoms with Gasteiger partial charge in [0, 0.05) is 18.8 Å². The Morgan fingerprint density at radius 3 is 2.70 bits per heavy atom. The third-order valence-corrected chi connectivity index (χ3v) is 4.56. The van der Waals surface area contributed by atoms with E-state index in [2.05, 4.69) is 58.7 Å². The summed E-state index contributed by atoms with van der Waals surface area (Å²) in [6.45, 7) is 3.31. The van der Waals surface area contributed by atoms with Crippen molar-refractivity contribution >= 4 is 5.69 Å². The summed E-state index contributed by atoms with van der Waals surface area (Å²) in [5, 5.41) is 3.60. The summed E-state index contributed by atoms with van der Waals surface area (Å²) in [6, 6.07) is 18.3. The maximum absolute atomic E-state index is 3.60. The van der Waals surface area contributed by atoms with Crippen molar-refractivity contribution < 1.29 is 0 Å². The predicted octanol–water partition coefficient (Wildman–Crippen LogP) is 3.13. The molecule has 2 heterocycles. The molecule has 102 valence electrons. The average Bonchev–Trinajstić information content (AvgIpc) is 2.79. The quantitative estimate of drug-likeness (QED) is 0.786. The second-order valence-corrected chi connectivity index (χ2v) is 5.77. The molecule has 0 saturated carbocycles. The minimum Gasteiger partial charge on any atom is -0.363 e. The Hall–Kier alpha value is -1.80. The lowest BCUT2D eigenvalue weighted by molar-refractivity contribution is 0.617. The van der Waals surface area contributed by atoms with Crippen LogP contribution in [0.3, 0.4) is 0 Å². The third-order valence-electron chi connectivity index (χ3n) is 4.56. The van der Waals surface area contributed by atoms with Crippen LogP contribution in [0.4, 0.5) is 5.69 Å². The summed E-state index contributed by atoms with van der Waals surface area (Å²) >= 11 is 0. The van der Waals surface area contributed by atoms with Gasteiger partial charge in [-0.15, -0.1) is 0 Å². The molecule has 0 radical (unpaired) electrons. The normalized spacial score (nSPS) is 21.2. The highest BCUT2D eigenvalue weighted by Gasteiger charge is 2.28. The monoisotopic (exact) mass is 264 g/mol. The molecule has 0 aliphatic carbocycles. The van der Waals surface area contributed by atoms with Gasteiger partial charge >= 0.3 is 0 Å². The second kappa shape index (κ2) is 4.95. The molecule has 2 aliphatic heterocycles. The van der Waals surface area contributed by atoms with Crippen LogP contribution in [0.5, 0.6) is 0 Å². The molecule has 0 amide bonds. The molecule has 1 fully saturated rings. The number of benzene rings is 2. The Bertz CT molecular complexity index is 567. The third kappa shape index (κ3) is 1.92. The summed E-state index contributed by atoms with van der Waals surface area (Å²) in [5.41, 5.74) is 5.87. The topological polar surface area (TPSA) is 15.3 Å². The molecule has 2 aromatic rings. The van der Waals surface area contributed by atoms with Crippen molar-refractivity contribution in [2.45, 2.75) is 18.9 Å². The highest BCUT2D eigenvalue weighted by Crippen LogP contribution is 2.37. The van der Waals surface area contributed by atoms with Crippen molar-refractivity contribution in [1.82, 2.24) is 5.32 Å². The van der Waals surface area contributed by atoms with Crippen molar-refractivity contribution in [1.29, 1.82) is 0 Å². The standard InChI is InChI=1S/C18H20N2/c1-3-8-16-14(6-1)12-15-7-2-4-9-17(15)20-11-5-10-19-13-18(16)20/h1-4,6-9,18-19H,5,10-13H2. The molecule has 1 saturated heterocycles. The first kappa shape index (κ1) is 12.0. The maximum atomic E-state index is 3.60. The van der Waals surface area contributed by atoms with E-state index in [9.17, 15) is 0 Å². The lowest BCUT2D eigenvalue weighted by atomic mass is 9.97. The van der Waals surface area contributed by atoms with E-state index in [1.807, 2.05) is 0 Å². The summed E-state index contributed by atoms with van der Waals surface area (Å²) in [7, 11) is 0. The van der Waals surface area contributed by atoms with Crippen LogP contribution in [0.2, 0.25) is 0 Å². The van der Waals surface area contributed by atoms with Crippen molar-refractivity contribution in [2.75, 3.05) is 24.5 Å².